The Hall–Kier alpha value is -2.47. The van der Waals surface area contributed by atoms with Crippen LogP contribution in [0.1, 0.15) is 23.1 Å². The highest BCUT2D eigenvalue weighted by atomic mass is 35.5. The van der Waals surface area contributed by atoms with Gasteiger partial charge in [0.15, 0.2) is 0 Å². The molecule has 7 heteroatoms. The van der Waals surface area contributed by atoms with E-state index >= 15 is 0 Å². The molecule has 5 nitrogen and oxygen atoms in total. The van der Waals surface area contributed by atoms with Crippen molar-refractivity contribution in [3.8, 4) is 0 Å². The van der Waals surface area contributed by atoms with Crippen molar-refractivity contribution < 1.29 is 4.79 Å². The topological polar surface area (TPSA) is 80.9 Å². The number of hydrogen-bond donors (Lipinski definition) is 2. The zero-order valence-electron chi connectivity index (χ0n) is 15.8. The second-order valence-electron chi connectivity index (χ2n) is 6.75. The Balaban J connectivity index is 1.92. The van der Waals surface area contributed by atoms with Gasteiger partial charge in [0.2, 0.25) is 5.91 Å². The lowest BCUT2D eigenvalue weighted by atomic mass is 9.83. The standard InChI is InChI=1S/C22H22Cl2N4O/c23-18-2-1-3-19(24)20(18)22(21(25)29,10-4-16-5-11-26-12-6-16)28-15-9-17-7-13-27-14-8-17/h1-3,5-8,11-14,28H,4,9-10,15H2,(H2,25,29). The summed E-state index contributed by atoms with van der Waals surface area (Å²) in [6.07, 6.45) is 8.65. The van der Waals surface area contributed by atoms with Crippen LogP contribution in [0.15, 0.2) is 67.3 Å². The van der Waals surface area contributed by atoms with Gasteiger partial charge in [0, 0.05) is 46.9 Å². The zero-order valence-corrected chi connectivity index (χ0v) is 17.3. The Morgan fingerprint density at radius 1 is 0.897 bits per heavy atom. The van der Waals surface area contributed by atoms with Gasteiger partial charge in [0.1, 0.15) is 5.54 Å². The maximum atomic E-state index is 12.8. The molecule has 3 N–H and O–H groups in total. The second-order valence-corrected chi connectivity index (χ2v) is 7.57. The van der Waals surface area contributed by atoms with Crippen molar-refractivity contribution in [2.45, 2.75) is 24.8 Å². The fourth-order valence-corrected chi connectivity index (χ4v) is 4.11. The van der Waals surface area contributed by atoms with Crippen LogP contribution in [0.25, 0.3) is 0 Å². The normalized spacial score (nSPS) is 13.0. The smallest absolute Gasteiger partial charge is 0.242 e. The van der Waals surface area contributed by atoms with Gasteiger partial charge in [-0.05, 0) is 66.8 Å². The number of aromatic nitrogens is 2. The number of amides is 1. The molecule has 0 spiro atoms. The largest absolute Gasteiger partial charge is 0.368 e. The summed E-state index contributed by atoms with van der Waals surface area (Å²) in [5, 5.41) is 4.18. The second kappa shape index (κ2) is 9.83. The average molecular weight is 429 g/mol. The summed E-state index contributed by atoms with van der Waals surface area (Å²) in [7, 11) is 0. The molecule has 150 valence electrons. The predicted octanol–water partition coefficient (Wildman–Crippen LogP) is 3.93. The molecule has 1 atom stereocenters. The highest BCUT2D eigenvalue weighted by molar-refractivity contribution is 6.36. The highest BCUT2D eigenvalue weighted by Crippen LogP contribution is 2.37. The fraction of sp³-hybridized carbons (Fsp3) is 0.227. The van der Waals surface area contributed by atoms with E-state index in [0.29, 0.717) is 41.4 Å². The number of nitrogens with two attached hydrogens (primary N) is 1. The molecule has 1 aromatic carbocycles. The Kier molecular flexibility index (Phi) is 7.20. The maximum Gasteiger partial charge on any atom is 0.242 e. The van der Waals surface area contributed by atoms with E-state index in [2.05, 4.69) is 15.3 Å². The van der Waals surface area contributed by atoms with E-state index in [9.17, 15) is 4.79 Å². The third-order valence-corrected chi connectivity index (χ3v) is 5.57. The molecule has 29 heavy (non-hydrogen) atoms. The van der Waals surface area contributed by atoms with Crippen LogP contribution in [0.4, 0.5) is 0 Å². The van der Waals surface area contributed by atoms with Crippen LogP contribution in [0.2, 0.25) is 10.0 Å². The van der Waals surface area contributed by atoms with Crippen molar-refractivity contribution in [1.82, 2.24) is 15.3 Å². The van der Waals surface area contributed by atoms with Gasteiger partial charge in [0.05, 0.1) is 0 Å². The summed E-state index contributed by atoms with van der Waals surface area (Å²) in [6, 6.07) is 12.9. The van der Waals surface area contributed by atoms with Gasteiger partial charge in [-0.15, -0.1) is 0 Å². The van der Waals surface area contributed by atoms with Crippen molar-refractivity contribution in [2.24, 2.45) is 5.73 Å². The summed E-state index contributed by atoms with van der Waals surface area (Å²) < 4.78 is 0. The number of halogens is 2. The maximum absolute atomic E-state index is 12.8. The van der Waals surface area contributed by atoms with Crippen LogP contribution in [0, 0.1) is 0 Å². The van der Waals surface area contributed by atoms with Crippen molar-refractivity contribution >= 4 is 29.1 Å². The quantitative estimate of drug-likeness (QED) is 0.540. The molecule has 0 bridgehead atoms. The molecule has 3 aromatic rings. The van der Waals surface area contributed by atoms with E-state index in [0.717, 1.165) is 11.1 Å². The number of carbonyl (C=O) groups is 1. The molecule has 0 saturated heterocycles. The summed E-state index contributed by atoms with van der Waals surface area (Å²) in [6.45, 7) is 0.519. The average Bonchev–Trinajstić information content (AvgIpc) is 2.72. The van der Waals surface area contributed by atoms with Crippen molar-refractivity contribution in [3.63, 3.8) is 0 Å². The first kappa shape index (κ1) is 21.2. The van der Waals surface area contributed by atoms with E-state index in [1.165, 1.54) is 0 Å². The van der Waals surface area contributed by atoms with Crippen LogP contribution in [-0.2, 0) is 23.2 Å². The monoisotopic (exact) mass is 428 g/mol. The van der Waals surface area contributed by atoms with E-state index in [1.807, 2.05) is 24.3 Å². The minimum atomic E-state index is -1.20. The molecule has 0 fully saturated rings. The zero-order chi connectivity index (χ0) is 20.7. The summed E-state index contributed by atoms with van der Waals surface area (Å²) in [5.41, 5.74) is 7.40. The fourth-order valence-electron chi connectivity index (χ4n) is 3.39. The molecule has 0 aliphatic rings. The number of hydrogen-bond acceptors (Lipinski definition) is 4. The number of primary amides is 1. The molecule has 0 aliphatic heterocycles. The summed E-state index contributed by atoms with van der Waals surface area (Å²) in [5.74, 6) is -0.517. The molecule has 0 radical (unpaired) electrons. The number of pyridine rings is 2. The molecular weight excluding hydrogens is 407 g/mol. The molecule has 1 amide bonds. The first-order valence-corrected chi connectivity index (χ1v) is 10.1. The molecule has 2 aromatic heterocycles. The van der Waals surface area contributed by atoms with E-state index in [4.69, 9.17) is 28.9 Å². The van der Waals surface area contributed by atoms with Gasteiger partial charge in [-0.3, -0.25) is 20.1 Å². The number of benzene rings is 1. The SMILES string of the molecule is NC(=O)C(CCc1ccncc1)(NCCc1ccncc1)c1c(Cl)cccc1Cl. The van der Waals surface area contributed by atoms with E-state index in [-0.39, 0.29) is 0 Å². The lowest BCUT2D eigenvalue weighted by Crippen LogP contribution is -2.54. The Morgan fingerprint density at radius 3 is 1.93 bits per heavy atom. The van der Waals surface area contributed by atoms with Crippen LogP contribution >= 0.6 is 23.2 Å². The predicted molar refractivity (Wildman–Crippen MR) is 116 cm³/mol. The van der Waals surface area contributed by atoms with E-state index in [1.54, 1.807) is 43.0 Å². The van der Waals surface area contributed by atoms with Crippen LogP contribution < -0.4 is 11.1 Å². The van der Waals surface area contributed by atoms with E-state index < -0.39 is 11.4 Å². The highest BCUT2D eigenvalue weighted by Gasteiger charge is 2.41. The number of nitrogens with zero attached hydrogens (tertiary/aromatic N) is 2. The van der Waals surface area contributed by atoms with Crippen LogP contribution in [0.5, 0.6) is 0 Å². The Morgan fingerprint density at radius 2 is 1.41 bits per heavy atom. The van der Waals surface area contributed by atoms with Gasteiger partial charge < -0.3 is 5.73 Å². The molecular formula is C22H22Cl2N4O. The molecule has 2 heterocycles. The van der Waals surface area contributed by atoms with Gasteiger partial charge in [-0.2, -0.15) is 0 Å². The minimum Gasteiger partial charge on any atom is -0.368 e. The van der Waals surface area contributed by atoms with Crippen molar-refractivity contribution in [3.05, 3.63) is 94.0 Å². The molecule has 0 saturated carbocycles. The third-order valence-electron chi connectivity index (χ3n) is 4.94. The van der Waals surface area contributed by atoms with Crippen molar-refractivity contribution in [2.75, 3.05) is 6.54 Å². The number of carbonyl (C=O) groups excluding carboxylic acids is 1. The van der Waals surface area contributed by atoms with Gasteiger partial charge in [-0.25, -0.2) is 0 Å². The first-order valence-electron chi connectivity index (χ1n) is 9.30. The summed E-state index contributed by atoms with van der Waals surface area (Å²) in [4.78, 5) is 20.9. The van der Waals surface area contributed by atoms with Gasteiger partial charge >= 0.3 is 0 Å². The molecule has 3 rings (SSSR count). The van der Waals surface area contributed by atoms with Gasteiger partial charge in [0.25, 0.3) is 0 Å². The van der Waals surface area contributed by atoms with Crippen molar-refractivity contribution in [1.29, 1.82) is 0 Å². The van der Waals surface area contributed by atoms with Crippen LogP contribution in [0.3, 0.4) is 0 Å². The molecule has 1 unspecified atom stereocenters. The number of aryl methyl sites for hydroxylation is 1. The lowest BCUT2D eigenvalue weighted by molar-refractivity contribution is -0.125. The summed E-state index contributed by atoms with van der Waals surface area (Å²) >= 11 is 13.0. The Bertz CT molecular complexity index is 933. The third kappa shape index (κ3) is 5.12. The lowest BCUT2D eigenvalue weighted by Gasteiger charge is -2.34. The number of nitrogens with one attached hydrogen (secondary N) is 1. The van der Waals surface area contributed by atoms with Crippen LogP contribution in [-0.4, -0.2) is 22.4 Å². The Labute approximate surface area is 180 Å². The van der Waals surface area contributed by atoms with Gasteiger partial charge in [-0.1, -0.05) is 29.3 Å². The first-order chi connectivity index (χ1) is 14.0. The number of rotatable bonds is 9. The molecule has 0 aliphatic carbocycles. The minimum absolute atomic E-state index is 0.405.